The number of benzene rings is 1. The number of nitrogens with zero attached hydrogens (tertiary/aromatic N) is 1. The molecule has 23 heavy (non-hydrogen) atoms. The lowest BCUT2D eigenvalue weighted by atomic mass is 9.96. The monoisotopic (exact) mass is 318 g/mol. The van der Waals surface area contributed by atoms with Crippen LogP contribution in [0.2, 0.25) is 0 Å². The van der Waals surface area contributed by atoms with Gasteiger partial charge in [-0.25, -0.2) is 9.37 Å². The van der Waals surface area contributed by atoms with Gasteiger partial charge in [0.05, 0.1) is 24.3 Å². The van der Waals surface area contributed by atoms with Crippen LogP contribution in [0.15, 0.2) is 34.9 Å². The normalized spacial score (nSPS) is 16.8. The summed E-state index contributed by atoms with van der Waals surface area (Å²) < 4.78 is 18.3. The number of aliphatic hydroxyl groups is 1. The summed E-state index contributed by atoms with van der Waals surface area (Å²) >= 11 is 0. The van der Waals surface area contributed by atoms with E-state index < -0.39 is 5.54 Å². The van der Waals surface area contributed by atoms with Crippen LogP contribution in [-0.4, -0.2) is 28.1 Å². The predicted octanol–water partition coefficient (Wildman–Crippen LogP) is 2.30. The summed E-state index contributed by atoms with van der Waals surface area (Å²) in [6, 6.07) is 5.80. The number of hydrogen-bond donors (Lipinski definition) is 2. The van der Waals surface area contributed by atoms with Gasteiger partial charge in [0.2, 0.25) is 11.8 Å². The molecule has 2 N–H and O–H groups in total. The molecule has 1 aliphatic carbocycles. The molecular formula is C17H19FN2O3. The van der Waals surface area contributed by atoms with Crippen molar-refractivity contribution >= 4 is 5.91 Å². The molecule has 1 unspecified atom stereocenters. The topological polar surface area (TPSA) is 75.4 Å². The standard InChI is InChI=1S/C17H19FN2O3/c1-17(10-21,12-4-5-12)20-15(22)8-14-9-23-16(19-14)11-2-6-13(18)7-3-11/h2-3,6-7,9,12,21H,4-5,8,10H2,1H3,(H,20,22). The number of rotatable bonds is 6. The Morgan fingerprint density at radius 2 is 2.13 bits per heavy atom. The number of aromatic nitrogens is 1. The third kappa shape index (κ3) is 3.59. The third-order valence-corrected chi connectivity index (χ3v) is 4.22. The maximum atomic E-state index is 12.9. The van der Waals surface area contributed by atoms with E-state index in [0.29, 0.717) is 23.1 Å². The average Bonchev–Trinajstić information content (AvgIpc) is 3.29. The number of nitrogens with one attached hydrogen (secondary N) is 1. The summed E-state index contributed by atoms with van der Waals surface area (Å²) in [5.74, 6) is 0.152. The van der Waals surface area contributed by atoms with Crippen molar-refractivity contribution in [3.8, 4) is 11.5 Å². The number of aliphatic hydroxyl groups excluding tert-OH is 1. The lowest BCUT2D eigenvalue weighted by molar-refractivity contribution is -0.123. The molecular weight excluding hydrogens is 299 g/mol. The van der Waals surface area contributed by atoms with Crippen molar-refractivity contribution in [2.24, 2.45) is 5.92 Å². The highest BCUT2D eigenvalue weighted by atomic mass is 19.1. The van der Waals surface area contributed by atoms with Gasteiger partial charge in [0.15, 0.2) is 0 Å². The number of amides is 1. The Kier molecular flexibility index (Phi) is 4.17. The zero-order valence-electron chi connectivity index (χ0n) is 12.9. The maximum absolute atomic E-state index is 12.9. The van der Waals surface area contributed by atoms with E-state index in [2.05, 4.69) is 10.3 Å². The molecule has 1 aromatic carbocycles. The lowest BCUT2D eigenvalue weighted by Crippen LogP contribution is -2.51. The molecule has 2 aromatic rings. The molecule has 1 fully saturated rings. The van der Waals surface area contributed by atoms with E-state index in [9.17, 15) is 14.3 Å². The van der Waals surface area contributed by atoms with Crippen LogP contribution < -0.4 is 5.32 Å². The van der Waals surface area contributed by atoms with Crippen molar-refractivity contribution in [3.05, 3.63) is 42.0 Å². The predicted molar refractivity (Wildman–Crippen MR) is 82.0 cm³/mol. The van der Waals surface area contributed by atoms with E-state index >= 15 is 0 Å². The minimum Gasteiger partial charge on any atom is -0.444 e. The number of hydrogen-bond acceptors (Lipinski definition) is 4. The molecule has 0 spiro atoms. The Hall–Kier alpha value is -2.21. The smallest absolute Gasteiger partial charge is 0.226 e. The third-order valence-electron chi connectivity index (χ3n) is 4.22. The SMILES string of the molecule is CC(CO)(NC(=O)Cc1coc(-c2ccc(F)cc2)n1)C1CC1. The van der Waals surface area contributed by atoms with Crippen molar-refractivity contribution in [3.63, 3.8) is 0 Å². The van der Waals surface area contributed by atoms with E-state index in [0.717, 1.165) is 12.8 Å². The van der Waals surface area contributed by atoms with E-state index in [1.54, 1.807) is 12.1 Å². The van der Waals surface area contributed by atoms with Crippen LogP contribution in [0.5, 0.6) is 0 Å². The summed E-state index contributed by atoms with van der Waals surface area (Å²) in [6.45, 7) is 1.78. The minimum absolute atomic E-state index is 0.0764. The van der Waals surface area contributed by atoms with Gasteiger partial charge >= 0.3 is 0 Å². The first kappa shape index (κ1) is 15.7. The second-order valence-corrected chi connectivity index (χ2v) is 6.23. The van der Waals surface area contributed by atoms with Gasteiger partial charge in [-0.05, 0) is 49.9 Å². The zero-order chi connectivity index (χ0) is 16.4. The molecule has 122 valence electrons. The van der Waals surface area contributed by atoms with E-state index in [4.69, 9.17) is 4.42 Å². The van der Waals surface area contributed by atoms with Gasteiger partial charge in [-0.2, -0.15) is 0 Å². The van der Waals surface area contributed by atoms with Crippen molar-refractivity contribution in [1.29, 1.82) is 0 Å². The van der Waals surface area contributed by atoms with Crippen LogP contribution in [0.3, 0.4) is 0 Å². The van der Waals surface area contributed by atoms with Crippen LogP contribution in [-0.2, 0) is 11.2 Å². The van der Waals surface area contributed by atoms with Gasteiger partial charge in [-0.15, -0.1) is 0 Å². The molecule has 0 aliphatic heterocycles. The van der Waals surface area contributed by atoms with Crippen LogP contribution in [0.1, 0.15) is 25.5 Å². The van der Waals surface area contributed by atoms with Crippen LogP contribution >= 0.6 is 0 Å². The van der Waals surface area contributed by atoms with Gasteiger partial charge in [-0.3, -0.25) is 4.79 Å². The first-order valence-electron chi connectivity index (χ1n) is 7.62. The quantitative estimate of drug-likeness (QED) is 0.857. The fourth-order valence-electron chi connectivity index (χ4n) is 2.63. The number of carbonyl (C=O) groups excluding carboxylic acids is 1. The highest BCUT2D eigenvalue weighted by molar-refractivity contribution is 5.79. The number of halogens is 1. The molecule has 0 saturated heterocycles. The van der Waals surface area contributed by atoms with Gasteiger partial charge in [0, 0.05) is 5.56 Å². The summed E-state index contributed by atoms with van der Waals surface area (Å²) in [5, 5.41) is 12.4. The van der Waals surface area contributed by atoms with Crippen LogP contribution in [0, 0.1) is 11.7 Å². The Bertz CT molecular complexity index is 694. The van der Waals surface area contributed by atoms with Crippen molar-refractivity contribution < 1.29 is 18.7 Å². The van der Waals surface area contributed by atoms with E-state index in [1.165, 1.54) is 18.4 Å². The van der Waals surface area contributed by atoms with Gasteiger partial charge in [0.25, 0.3) is 0 Å². The highest BCUT2D eigenvalue weighted by Gasteiger charge is 2.42. The summed E-state index contributed by atoms with van der Waals surface area (Å²) in [7, 11) is 0. The number of oxazole rings is 1. The van der Waals surface area contributed by atoms with E-state index in [1.807, 2.05) is 6.92 Å². The van der Waals surface area contributed by atoms with Crippen molar-refractivity contribution in [2.75, 3.05) is 6.61 Å². The second kappa shape index (κ2) is 6.12. The summed E-state index contributed by atoms with van der Waals surface area (Å²) in [6.07, 6.45) is 3.55. The Labute approximate surface area is 133 Å². The molecule has 1 heterocycles. The second-order valence-electron chi connectivity index (χ2n) is 6.23. The molecule has 1 aromatic heterocycles. The molecule has 1 saturated carbocycles. The highest BCUT2D eigenvalue weighted by Crippen LogP contribution is 2.39. The molecule has 0 bridgehead atoms. The number of carbonyl (C=O) groups is 1. The minimum atomic E-state index is -0.569. The van der Waals surface area contributed by atoms with Gasteiger partial charge in [-0.1, -0.05) is 0 Å². The largest absolute Gasteiger partial charge is 0.444 e. The van der Waals surface area contributed by atoms with Crippen LogP contribution in [0.25, 0.3) is 11.5 Å². The first-order chi connectivity index (χ1) is 11.0. The van der Waals surface area contributed by atoms with Crippen molar-refractivity contribution in [2.45, 2.75) is 31.7 Å². The average molecular weight is 318 g/mol. The van der Waals surface area contributed by atoms with Gasteiger partial charge < -0.3 is 14.8 Å². The summed E-state index contributed by atoms with van der Waals surface area (Å²) in [4.78, 5) is 16.4. The Balaban J connectivity index is 1.64. The molecule has 1 amide bonds. The molecule has 0 radical (unpaired) electrons. The molecule has 3 rings (SSSR count). The first-order valence-corrected chi connectivity index (χ1v) is 7.62. The van der Waals surface area contributed by atoms with Crippen LogP contribution in [0.4, 0.5) is 4.39 Å². The molecule has 6 heteroatoms. The Morgan fingerprint density at radius 3 is 2.74 bits per heavy atom. The maximum Gasteiger partial charge on any atom is 0.226 e. The zero-order valence-corrected chi connectivity index (χ0v) is 12.9. The molecule has 1 atom stereocenters. The fourth-order valence-corrected chi connectivity index (χ4v) is 2.63. The fraction of sp³-hybridized carbons (Fsp3) is 0.412. The van der Waals surface area contributed by atoms with E-state index in [-0.39, 0.29) is 24.8 Å². The Morgan fingerprint density at radius 1 is 1.43 bits per heavy atom. The molecule has 5 nitrogen and oxygen atoms in total. The van der Waals surface area contributed by atoms with Crippen molar-refractivity contribution in [1.82, 2.24) is 10.3 Å². The molecule has 1 aliphatic rings. The lowest BCUT2D eigenvalue weighted by Gasteiger charge is -2.28. The van der Waals surface area contributed by atoms with Gasteiger partial charge in [0.1, 0.15) is 12.1 Å². The summed E-state index contributed by atoms with van der Waals surface area (Å²) in [5.41, 5.74) is 0.579.